The molecular formula is C12H18BrNO2S2. The largest absolute Gasteiger partial charge is 0.250 e. The van der Waals surface area contributed by atoms with E-state index >= 15 is 0 Å². The molecule has 1 fully saturated rings. The van der Waals surface area contributed by atoms with Crippen LogP contribution in [0.5, 0.6) is 0 Å². The highest BCUT2D eigenvalue weighted by molar-refractivity contribution is 9.11. The van der Waals surface area contributed by atoms with Crippen LogP contribution < -0.4 is 4.72 Å². The molecule has 18 heavy (non-hydrogen) atoms. The van der Waals surface area contributed by atoms with Crippen molar-refractivity contribution in [2.75, 3.05) is 0 Å². The van der Waals surface area contributed by atoms with Gasteiger partial charge in [-0.05, 0) is 54.2 Å². The van der Waals surface area contributed by atoms with E-state index in [9.17, 15) is 8.42 Å². The highest BCUT2D eigenvalue weighted by atomic mass is 79.9. The molecule has 1 aromatic heterocycles. The van der Waals surface area contributed by atoms with Gasteiger partial charge in [0.05, 0.1) is 3.79 Å². The van der Waals surface area contributed by atoms with Gasteiger partial charge in [0, 0.05) is 5.54 Å². The quantitative estimate of drug-likeness (QED) is 0.899. The van der Waals surface area contributed by atoms with Gasteiger partial charge in [0.15, 0.2) is 0 Å². The van der Waals surface area contributed by atoms with Gasteiger partial charge in [-0.15, -0.1) is 11.3 Å². The lowest BCUT2D eigenvalue weighted by Crippen LogP contribution is -2.46. The molecule has 0 aliphatic heterocycles. The van der Waals surface area contributed by atoms with Crippen molar-refractivity contribution in [2.45, 2.75) is 55.7 Å². The van der Waals surface area contributed by atoms with Crippen LogP contribution in [-0.2, 0) is 10.0 Å². The molecule has 0 amide bonds. The predicted octanol–water partition coefficient (Wildman–Crippen LogP) is 3.82. The standard InChI is InChI=1S/C12H18BrNO2S2/c1-9-8-10(17-11(9)13)18(15,16)14-12(2)6-4-3-5-7-12/h8,14H,3-7H2,1-2H3. The minimum Gasteiger partial charge on any atom is -0.206 e. The highest BCUT2D eigenvalue weighted by Crippen LogP contribution is 2.33. The summed E-state index contributed by atoms with van der Waals surface area (Å²) in [6, 6.07) is 1.73. The van der Waals surface area contributed by atoms with E-state index in [1.807, 2.05) is 13.8 Å². The molecule has 0 saturated heterocycles. The minimum atomic E-state index is -3.38. The molecule has 1 aliphatic carbocycles. The van der Waals surface area contributed by atoms with Crippen molar-refractivity contribution >= 4 is 37.3 Å². The summed E-state index contributed by atoms with van der Waals surface area (Å²) in [6.07, 6.45) is 5.27. The molecule has 1 saturated carbocycles. The zero-order valence-electron chi connectivity index (χ0n) is 10.6. The SMILES string of the molecule is Cc1cc(S(=O)(=O)NC2(C)CCCCC2)sc1Br. The second-order valence-corrected chi connectivity index (χ2v) is 9.53. The van der Waals surface area contributed by atoms with Crippen LogP contribution in [-0.4, -0.2) is 14.0 Å². The third-order valence-electron chi connectivity index (χ3n) is 3.44. The van der Waals surface area contributed by atoms with Crippen molar-refractivity contribution < 1.29 is 8.42 Å². The lowest BCUT2D eigenvalue weighted by atomic mass is 9.84. The predicted molar refractivity (Wildman–Crippen MR) is 78.6 cm³/mol. The van der Waals surface area contributed by atoms with Gasteiger partial charge in [0.1, 0.15) is 4.21 Å². The smallest absolute Gasteiger partial charge is 0.206 e. The zero-order chi connectivity index (χ0) is 13.4. The molecule has 6 heteroatoms. The van der Waals surface area contributed by atoms with Crippen LogP contribution in [0.25, 0.3) is 0 Å². The maximum atomic E-state index is 12.3. The van der Waals surface area contributed by atoms with Crippen LogP contribution in [0.2, 0.25) is 0 Å². The Morgan fingerprint density at radius 2 is 1.94 bits per heavy atom. The Bertz CT molecular complexity index is 511. The van der Waals surface area contributed by atoms with Gasteiger partial charge in [0.2, 0.25) is 0 Å². The molecule has 0 spiro atoms. The Morgan fingerprint density at radius 3 is 2.44 bits per heavy atom. The molecule has 102 valence electrons. The van der Waals surface area contributed by atoms with Crippen molar-refractivity contribution in [3.8, 4) is 0 Å². The molecule has 1 aliphatic rings. The van der Waals surface area contributed by atoms with E-state index in [0.29, 0.717) is 4.21 Å². The Kier molecular flexibility index (Phi) is 4.21. The zero-order valence-corrected chi connectivity index (χ0v) is 13.8. The number of nitrogens with one attached hydrogen (secondary N) is 1. The monoisotopic (exact) mass is 351 g/mol. The fourth-order valence-corrected chi connectivity index (χ4v) is 6.06. The molecular weight excluding hydrogens is 334 g/mol. The van der Waals surface area contributed by atoms with Gasteiger partial charge in [-0.3, -0.25) is 0 Å². The number of aryl methyl sites for hydroxylation is 1. The average Bonchev–Trinajstić information content (AvgIpc) is 2.59. The summed E-state index contributed by atoms with van der Waals surface area (Å²) in [7, 11) is -3.38. The molecule has 0 atom stereocenters. The number of sulfonamides is 1. The van der Waals surface area contributed by atoms with Crippen molar-refractivity contribution in [1.82, 2.24) is 4.72 Å². The van der Waals surface area contributed by atoms with Crippen LogP contribution in [0.15, 0.2) is 14.1 Å². The topological polar surface area (TPSA) is 46.2 Å². The first-order chi connectivity index (χ1) is 8.32. The number of rotatable bonds is 3. The Labute approximate surface area is 121 Å². The molecule has 0 radical (unpaired) electrons. The van der Waals surface area contributed by atoms with Gasteiger partial charge < -0.3 is 0 Å². The van der Waals surface area contributed by atoms with E-state index in [1.165, 1.54) is 17.8 Å². The Balaban J connectivity index is 2.21. The van der Waals surface area contributed by atoms with E-state index in [-0.39, 0.29) is 5.54 Å². The van der Waals surface area contributed by atoms with Crippen molar-refractivity contribution in [1.29, 1.82) is 0 Å². The minimum absolute atomic E-state index is 0.276. The van der Waals surface area contributed by atoms with Crippen LogP contribution in [0.3, 0.4) is 0 Å². The third kappa shape index (κ3) is 3.15. The lowest BCUT2D eigenvalue weighted by molar-refractivity contribution is 0.294. The molecule has 1 aromatic rings. The summed E-state index contributed by atoms with van der Waals surface area (Å²) in [5.74, 6) is 0. The molecule has 1 heterocycles. The molecule has 0 bridgehead atoms. The van der Waals surface area contributed by atoms with Crippen LogP contribution >= 0.6 is 27.3 Å². The van der Waals surface area contributed by atoms with E-state index in [1.54, 1.807) is 6.07 Å². The molecule has 0 unspecified atom stereocenters. The average molecular weight is 352 g/mol. The van der Waals surface area contributed by atoms with Crippen LogP contribution in [0, 0.1) is 6.92 Å². The maximum absolute atomic E-state index is 12.3. The molecule has 0 aromatic carbocycles. The lowest BCUT2D eigenvalue weighted by Gasteiger charge is -2.33. The van der Waals surface area contributed by atoms with Gasteiger partial charge in [0.25, 0.3) is 10.0 Å². The van der Waals surface area contributed by atoms with Gasteiger partial charge >= 0.3 is 0 Å². The molecule has 3 nitrogen and oxygen atoms in total. The van der Waals surface area contributed by atoms with Gasteiger partial charge in [-0.1, -0.05) is 19.3 Å². The number of halogens is 1. The van der Waals surface area contributed by atoms with Gasteiger partial charge in [-0.25, -0.2) is 13.1 Å². The first kappa shape index (κ1) is 14.5. The summed E-state index contributed by atoms with van der Waals surface area (Å²) in [4.78, 5) is 0. The normalized spacial score (nSPS) is 19.9. The summed E-state index contributed by atoms with van der Waals surface area (Å²) >= 11 is 4.65. The summed E-state index contributed by atoms with van der Waals surface area (Å²) in [5.41, 5.74) is 0.690. The van der Waals surface area contributed by atoms with Crippen molar-refractivity contribution in [3.63, 3.8) is 0 Å². The fraction of sp³-hybridized carbons (Fsp3) is 0.667. The summed E-state index contributed by atoms with van der Waals surface area (Å²) < 4.78 is 28.9. The highest BCUT2D eigenvalue weighted by Gasteiger charge is 2.32. The van der Waals surface area contributed by atoms with E-state index in [4.69, 9.17) is 0 Å². The Morgan fingerprint density at radius 1 is 1.33 bits per heavy atom. The van der Waals surface area contributed by atoms with Crippen LogP contribution in [0.4, 0.5) is 0 Å². The van der Waals surface area contributed by atoms with E-state index in [2.05, 4.69) is 20.7 Å². The Hall–Kier alpha value is 0.0900. The second kappa shape index (κ2) is 5.23. The number of hydrogen-bond donors (Lipinski definition) is 1. The van der Waals surface area contributed by atoms with Crippen molar-refractivity contribution in [3.05, 3.63) is 15.4 Å². The fourth-order valence-electron chi connectivity index (χ4n) is 2.37. The maximum Gasteiger partial charge on any atom is 0.250 e. The van der Waals surface area contributed by atoms with Gasteiger partial charge in [-0.2, -0.15) is 0 Å². The first-order valence-corrected chi connectivity index (χ1v) is 9.22. The van der Waals surface area contributed by atoms with E-state index in [0.717, 1.165) is 35.0 Å². The number of thiophene rings is 1. The third-order valence-corrected chi connectivity index (χ3v) is 7.69. The second-order valence-electron chi connectivity index (χ2n) is 5.25. The van der Waals surface area contributed by atoms with E-state index < -0.39 is 10.0 Å². The number of hydrogen-bond acceptors (Lipinski definition) is 3. The molecule has 2 rings (SSSR count). The molecule has 1 N–H and O–H groups in total. The first-order valence-electron chi connectivity index (χ1n) is 6.12. The van der Waals surface area contributed by atoms with Crippen molar-refractivity contribution in [2.24, 2.45) is 0 Å². The van der Waals surface area contributed by atoms with Crippen LogP contribution in [0.1, 0.15) is 44.6 Å². The summed E-state index contributed by atoms with van der Waals surface area (Å²) in [5, 5.41) is 0. The summed E-state index contributed by atoms with van der Waals surface area (Å²) in [6.45, 7) is 3.92.